The van der Waals surface area contributed by atoms with Crippen LogP contribution in [0.15, 0.2) is 17.0 Å². The van der Waals surface area contributed by atoms with Crippen LogP contribution in [-0.2, 0) is 9.47 Å². The van der Waals surface area contributed by atoms with Gasteiger partial charge in [0.05, 0.1) is 12.3 Å². The predicted octanol–water partition coefficient (Wildman–Crippen LogP) is 3.18. The first-order valence-electron chi connectivity index (χ1n) is 8.45. The SMILES string of the molecule is COCC(OC(N)=O)[C@H]1CC[C@H](c2nc(Br)c3c(C)nccn32)CC1. The van der Waals surface area contributed by atoms with Gasteiger partial charge in [0.1, 0.15) is 22.0 Å². The van der Waals surface area contributed by atoms with Crippen molar-refractivity contribution in [3.8, 4) is 0 Å². The highest BCUT2D eigenvalue weighted by Gasteiger charge is 2.32. The van der Waals surface area contributed by atoms with Gasteiger partial charge in [0.25, 0.3) is 0 Å². The molecule has 2 N–H and O–H groups in total. The summed E-state index contributed by atoms with van der Waals surface area (Å²) in [7, 11) is 1.60. The van der Waals surface area contributed by atoms with E-state index in [1.165, 1.54) is 0 Å². The largest absolute Gasteiger partial charge is 0.444 e. The molecule has 1 atom stereocenters. The second-order valence-electron chi connectivity index (χ2n) is 6.53. The summed E-state index contributed by atoms with van der Waals surface area (Å²) in [5.41, 5.74) is 7.16. The normalized spacial score (nSPS) is 22.0. The number of amides is 1. The van der Waals surface area contributed by atoms with Crippen LogP contribution in [0.4, 0.5) is 4.79 Å². The summed E-state index contributed by atoms with van der Waals surface area (Å²) in [4.78, 5) is 20.2. The smallest absolute Gasteiger partial charge is 0.404 e. The van der Waals surface area contributed by atoms with Crippen molar-refractivity contribution in [1.82, 2.24) is 14.4 Å². The van der Waals surface area contributed by atoms with E-state index < -0.39 is 6.09 Å². The topological polar surface area (TPSA) is 91.7 Å². The minimum absolute atomic E-state index is 0.266. The fourth-order valence-electron chi connectivity index (χ4n) is 3.79. The lowest BCUT2D eigenvalue weighted by Gasteiger charge is -2.32. The summed E-state index contributed by atoms with van der Waals surface area (Å²) >= 11 is 3.56. The molecule has 0 radical (unpaired) electrons. The molecule has 2 aromatic rings. The van der Waals surface area contributed by atoms with E-state index in [1.807, 2.05) is 13.1 Å². The Morgan fingerprint density at radius 2 is 2.16 bits per heavy atom. The molecule has 3 rings (SSSR count). The molecule has 0 aliphatic heterocycles. The second kappa shape index (κ2) is 7.70. The number of fused-ring (bicyclic) bond motifs is 1. The molecule has 1 fully saturated rings. The van der Waals surface area contributed by atoms with Crippen molar-refractivity contribution < 1.29 is 14.3 Å². The Hall–Kier alpha value is -1.67. The fraction of sp³-hybridized carbons (Fsp3) is 0.588. The van der Waals surface area contributed by atoms with Gasteiger partial charge in [-0.15, -0.1) is 0 Å². The summed E-state index contributed by atoms with van der Waals surface area (Å²) in [6, 6.07) is 0. The third-order valence-corrected chi connectivity index (χ3v) is 5.54. The maximum atomic E-state index is 11.1. The first-order valence-corrected chi connectivity index (χ1v) is 9.24. The molecular weight excluding hydrogens is 388 g/mol. The number of halogens is 1. The van der Waals surface area contributed by atoms with Crippen LogP contribution >= 0.6 is 15.9 Å². The maximum Gasteiger partial charge on any atom is 0.404 e. The van der Waals surface area contributed by atoms with E-state index in [0.29, 0.717) is 12.5 Å². The van der Waals surface area contributed by atoms with Gasteiger partial charge in [0.15, 0.2) is 0 Å². The summed E-state index contributed by atoms with van der Waals surface area (Å²) < 4.78 is 13.4. The molecule has 2 aromatic heterocycles. The van der Waals surface area contributed by atoms with Gasteiger partial charge >= 0.3 is 6.09 Å². The Morgan fingerprint density at radius 1 is 1.44 bits per heavy atom. The predicted molar refractivity (Wildman–Crippen MR) is 96.5 cm³/mol. The average Bonchev–Trinajstić information content (AvgIpc) is 2.92. The number of rotatable bonds is 5. The Kier molecular flexibility index (Phi) is 5.58. The fourth-order valence-corrected chi connectivity index (χ4v) is 4.45. The number of ether oxygens (including phenoxy) is 2. The number of carbonyl (C=O) groups is 1. The van der Waals surface area contributed by atoms with Gasteiger partial charge in [-0.05, 0) is 54.5 Å². The molecule has 7 nitrogen and oxygen atoms in total. The van der Waals surface area contributed by atoms with Crippen LogP contribution in [0.1, 0.15) is 43.1 Å². The molecule has 0 spiro atoms. The van der Waals surface area contributed by atoms with E-state index in [0.717, 1.165) is 47.3 Å². The molecule has 0 bridgehead atoms. The molecule has 0 aromatic carbocycles. The molecular formula is C17H23BrN4O3. The van der Waals surface area contributed by atoms with E-state index in [9.17, 15) is 4.79 Å². The Labute approximate surface area is 155 Å². The standard InChI is InChI=1S/C17H23BrN4O3/c1-10-14-15(18)21-16(22(14)8-7-20-10)12-5-3-11(4-6-12)13(9-24-2)25-17(19)23/h7-8,11-13H,3-6,9H2,1-2H3,(H2,19,23)/t11-,12-,13?. The number of hydrogen-bond acceptors (Lipinski definition) is 5. The zero-order chi connectivity index (χ0) is 18.0. The van der Waals surface area contributed by atoms with Crippen LogP contribution in [0.5, 0.6) is 0 Å². The lowest BCUT2D eigenvalue weighted by molar-refractivity contribution is -0.00103. The van der Waals surface area contributed by atoms with Crippen LogP contribution in [0.3, 0.4) is 0 Å². The molecule has 25 heavy (non-hydrogen) atoms. The highest BCUT2D eigenvalue weighted by Crippen LogP contribution is 2.38. The van der Waals surface area contributed by atoms with Crippen LogP contribution in [0, 0.1) is 12.8 Å². The first-order chi connectivity index (χ1) is 12.0. The molecule has 0 saturated heterocycles. The third kappa shape index (κ3) is 3.79. The molecule has 1 amide bonds. The van der Waals surface area contributed by atoms with Gasteiger partial charge in [-0.2, -0.15) is 0 Å². The van der Waals surface area contributed by atoms with E-state index in [2.05, 4.69) is 25.3 Å². The van der Waals surface area contributed by atoms with Gasteiger partial charge < -0.3 is 15.2 Å². The van der Waals surface area contributed by atoms with Crippen molar-refractivity contribution in [1.29, 1.82) is 0 Å². The monoisotopic (exact) mass is 410 g/mol. The van der Waals surface area contributed by atoms with Crippen molar-refractivity contribution in [3.63, 3.8) is 0 Å². The van der Waals surface area contributed by atoms with Crippen molar-refractivity contribution >= 4 is 27.5 Å². The van der Waals surface area contributed by atoms with Crippen molar-refractivity contribution in [2.45, 2.75) is 44.6 Å². The van der Waals surface area contributed by atoms with E-state index in [1.54, 1.807) is 13.3 Å². The highest BCUT2D eigenvalue weighted by molar-refractivity contribution is 9.10. The van der Waals surface area contributed by atoms with Crippen molar-refractivity contribution in [3.05, 3.63) is 28.5 Å². The number of carbonyl (C=O) groups excluding carboxylic acids is 1. The highest BCUT2D eigenvalue weighted by atomic mass is 79.9. The van der Waals surface area contributed by atoms with Crippen LogP contribution in [0.25, 0.3) is 5.52 Å². The van der Waals surface area contributed by atoms with E-state index >= 15 is 0 Å². The van der Waals surface area contributed by atoms with Gasteiger partial charge in [-0.3, -0.25) is 9.38 Å². The Morgan fingerprint density at radius 3 is 2.80 bits per heavy atom. The molecule has 1 aliphatic carbocycles. The van der Waals surface area contributed by atoms with E-state index in [-0.39, 0.29) is 12.0 Å². The molecule has 2 heterocycles. The molecule has 8 heteroatoms. The lowest BCUT2D eigenvalue weighted by atomic mass is 9.79. The number of methoxy groups -OCH3 is 1. The number of aromatic nitrogens is 3. The molecule has 1 unspecified atom stereocenters. The lowest BCUT2D eigenvalue weighted by Crippen LogP contribution is -2.35. The van der Waals surface area contributed by atoms with Gasteiger partial charge in [-0.1, -0.05) is 0 Å². The number of hydrogen-bond donors (Lipinski definition) is 1. The van der Waals surface area contributed by atoms with Crippen LogP contribution in [0.2, 0.25) is 0 Å². The summed E-state index contributed by atoms with van der Waals surface area (Å²) in [5, 5.41) is 0. The number of primary amides is 1. The minimum Gasteiger partial charge on any atom is -0.444 e. The molecule has 136 valence electrons. The van der Waals surface area contributed by atoms with Gasteiger partial charge in [0.2, 0.25) is 0 Å². The zero-order valence-corrected chi connectivity index (χ0v) is 16.0. The molecule has 1 aliphatic rings. The average molecular weight is 411 g/mol. The Balaban J connectivity index is 1.74. The van der Waals surface area contributed by atoms with E-state index in [4.69, 9.17) is 20.2 Å². The van der Waals surface area contributed by atoms with Gasteiger partial charge in [-0.25, -0.2) is 9.78 Å². The number of nitrogens with two attached hydrogens (primary N) is 1. The first kappa shape index (κ1) is 18.1. The Bertz CT molecular complexity index is 756. The number of aryl methyl sites for hydroxylation is 1. The van der Waals surface area contributed by atoms with Crippen LogP contribution < -0.4 is 5.73 Å². The third-order valence-electron chi connectivity index (χ3n) is 4.98. The van der Waals surface area contributed by atoms with Gasteiger partial charge in [0, 0.05) is 25.4 Å². The zero-order valence-electron chi connectivity index (χ0n) is 14.4. The number of nitrogens with zero attached hydrogens (tertiary/aromatic N) is 3. The minimum atomic E-state index is -0.740. The summed E-state index contributed by atoms with van der Waals surface area (Å²) in [6.45, 7) is 2.36. The van der Waals surface area contributed by atoms with Crippen molar-refractivity contribution in [2.75, 3.05) is 13.7 Å². The number of imidazole rings is 1. The molecule has 1 saturated carbocycles. The second-order valence-corrected chi connectivity index (χ2v) is 7.29. The summed E-state index contributed by atoms with van der Waals surface area (Å²) in [6.07, 6.45) is 6.62. The summed E-state index contributed by atoms with van der Waals surface area (Å²) in [5.74, 6) is 1.69. The van der Waals surface area contributed by atoms with Crippen LogP contribution in [-0.4, -0.2) is 40.3 Å². The quantitative estimate of drug-likeness (QED) is 0.816. The maximum absolute atomic E-state index is 11.1. The van der Waals surface area contributed by atoms with Crippen molar-refractivity contribution in [2.24, 2.45) is 11.7 Å².